The lowest BCUT2D eigenvalue weighted by Gasteiger charge is -2.38. The molecular weight excluding hydrogens is 342 g/mol. The number of benzene rings is 1. The lowest BCUT2D eigenvalue weighted by Crippen LogP contribution is -2.45. The number of aryl methyl sites for hydroxylation is 1. The number of likely N-dealkylation sites (tertiary alicyclic amines) is 1. The van der Waals surface area contributed by atoms with Gasteiger partial charge in [-0.3, -0.25) is 14.5 Å². The number of amides is 2. The molecule has 1 unspecified atom stereocenters. The molecule has 0 aliphatic carbocycles. The van der Waals surface area contributed by atoms with Crippen LogP contribution in [-0.4, -0.2) is 40.7 Å². The molecule has 2 aliphatic heterocycles. The lowest BCUT2D eigenvalue weighted by atomic mass is 9.99. The number of hydrogen-bond donors (Lipinski definition) is 1. The Bertz CT molecular complexity index is 881. The Hall–Kier alpha value is -2.60. The highest BCUT2D eigenvalue weighted by molar-refractivity contribution is 6.09. The minimum atomic E-state index is -0.544. The molecule has 1 aromatic carbocycles. The van der Waals surface area contributed by atoms with Crippen LogP contribution in [0.15, 0.2) is 34.7 Å². The molecule has 2 aliphatic rings. The highest BCUT2D eigenvalue weighted by Crippen LogP contribution is 2.38. The van der Waals surface area contributed by atoms with Gasteiger partial charge in [0.05, 0.1) is 23.7 Å². The van der Waals surface area contributed by atoms with E-state index in [1.165, 1.54) is 0 Å². The predicted molar refractivity (Wildman–Crippen MR) is 101 cm³/mol. The van der Waals surface area contributed by atoms with Crippen molar-refractivity contribution in [1.29, 1.82) is 0 Å². The van der Waals surface area contributed by atoms with Crippen molar-refractivity contribution in [2.24, 2.45) is 5.73 Å². The van der Waals surface area contributed by atoms with E-state index in [0.717, 1.165) is 49.6 Å². The average Bonchev–Trinajstić information content (AvgIpc) is 3.17. The zero-order valence-corrected chi connectivity index (χ0v) is 15.8. The Morgan fingerprint density at radius 3 is 2.59 bits per heavy atom. The van der Waals surface area contributed by atoms with Gasteiger partial charge < -0.3 is 15.1 Å². The van der Waals surface area contributed by atoms with E-state index in [1.807, 2.05) is 36.9 Å². The Morgan fingerprint density at radius 1 is 1.22 bits per heavy atom. The molecule has 4 rings (SSSR count). The standard InChI is InChI=1S/C21H25N3O3/c1-13-6-7-16(27-13)12-23-10-8-15(9-11-23)24-14(2)17-4-3-5-18(20(22)25)19(17)21(24)26/h3-7,14-15H,8-12H2,1-2H3,(H2,22,25). The van der Waals surface area contributed by atoms with Crippen molar-refractivity contribution in [2.45, 2.75) is 45.3 Å². The molecule has 0 spiro atoms. The summed E-state index contributed by atoms with van der Waals surface area (Å²) in [6, 6.07) is 9.53. The first kappa shape index (κ1) is 17.8. The molecule has 0 bridgehead atoms. The number of fused-ring (bicyclic) bond motifs is 1. The van der Waals surface area contributed by atoms with Gasteiger partial charge in [-0.1, -0.05) is 12.1 Å². The molecular formula is C21H25N3O3. The Kier molecular flexibility index (Phi) is 4.52. The third kappa shape index (κ3) is 3.14. The number of primary amides is 1. The highest BCUT2D eigenvalue weighted by atomic mass is 16.3. The monoisotopic (exact) mass is 367 g/mol. The fraction of sp³-hybridized carbons (Fsp3) is 0.429. The summed E-state index contributed by atoms with van der Waals surface area (Å²) < 4.78 is 5.67. The topological polar surface area (TPSA) is 79.8 Å². The van der Waals surface area contributed by atoms with Crippen molar-refractivity contribution in [2.75, 3.05) is 13.1 Å². The maximum absolute atomic E-state index is 13.1. The second-order valence-corrected chi connectivity index (χ2v) is 7.54. The Balaban J connectivity index is 1.46. The number of nitrogens with two attached hydrogens (primary N) is 1. The van der Waals surface area contributed by atoms with Crippen LogP contribution in [0.5, 0.6) is 0 Å². The SMILES string of the molecule is Cc1ccc(CN2CCC(N3C(=O)c4c(C(N)=O)cccc4C3C)CC2)o1. The van der Waals surface area contributed by atoms with Gasteiger partial charge in [0, 0.05) is 19.1 Å². The van der Waals surface area contributed by atoms with Gasteiger partial charge >= 0.3 is 0 Å². The summed E-state index contributed by atoms with van der Waals surface area (Å²) in [6.45, 7) is 6.62. The fourth-order valence-electron chi connectivity index (χ4n) is 4.45. The number of hydrogen-bond acceptors (Lipinski definition) is 4. The first-order valence-corrected chi connectivity index (χ1v) is 9.48. The van der Waals surface area contributed by atoms with E-state index >= 15 is 0 Å². The van der Waals surface area contributed by atoms with Crippen LogP contribution in [0.2, 0.25) is 0 Å². The minimum Gasteiger partial charge on any atom is -0.465 e. The summed E-state index contributed by atoms with van der Waals surface area (Å²) in [5, 5.41) is 0. The van der Waals surface area contributed by atoms with Gasteiger partial charge in [-0.25, -0.2) is 0 Å². The first-order chi connectivity index (χ1) is 13.0. The normalized spacial score (nSPS) is 20.9. The molecule has 142 valence electrons. The number of nitrogens with zero attached hydrogens (tertiary/aromatic N) is 2. The lowest BCUT2D eigenvalue weighted by molar-refractivity contribution is 0.0503. The van der Waals surface area contributed by atoms with Gasteiger partial charge in [0.25, 0.3) is 5.91 Å². The molecule has 2 N–H and O–H groups in total. The third-order valence-corrected chi connectivity index (χ3v) is 5.80. The number of rotatable bonds is 4. The zero-order chi connectivity index (χ0) is 19.1. The van der Waals surface area contributed by atoms with Crippen molar-refractivity contribution in [1.82, 2.24) is 9.80 Å². The molecule has 2 amide bonds. The van der Waals surface area contributed by atoms with E-state index in [9.17, 15) is 9.59 Å². The predicted octanol–water partition coefficient (Wildman–Crippen LogP) is 2.87. The molecule has 1 saturated heterocycles. The molecule has 0 radical (unpaired) electrons. The van der Waals surface area contributed by atoms with Crippen LogP contribution in [0, 0.1) is 6.92 Å². The van der Waals surface area contributed by atoms with Gasteiger partial charge in [-0.05, 0) is 50.5 Å². The number of carbonyl (C=O) groups excluding carboxylic acids is 2. The van der Waals surface area contributed by atoms with Gasteiger partial charge in [-0.15, -0.1) is 0 Å². The fourth-order valence-corrected chi connectivity index (χ4v) is 4.45. The molecule has 3 heterocycles. The molecule has 0 saturated carbocycles. The van der Waals surface area contributed by atoms with Crippen LogP contribution in [0.3, 0.4) is 0 Å². The molecule has 1 atom stereocenters. The Labute approximate surface area is 158 Å². The Morgan fingerprint density at radius 2 is 1.96 bits per heavy atom. The van der Waals surface area contributed by atoms with E-state index in [2.05, 4.69) is 4.90 Å². The second-order valence-electron chi connectivity index (χ2n) is 7.54. The van der Waals surface area contributed by atoms with E-state index in [-0.39, 0.29) is 18.0 Å². The van der Waals surface area contributed by atoms with Crippen molar-refractivity contribution >= 4 is 11.8 Å². The first-order valence-electron chi connectivity index (χ1n) is 9.48. The maximum Gasteiger partial charge on any atom is 0.255 e. The van der Waals surface area contributed by atoms with Crippen LogP contribution in [-0.2, 0) is 6.54 Å². The smallest absolute Gasteiger partial charge is 0.255 e. The molecule has 6 nitrogen and oxygen atoms in total. The number of piperidine rings is 1. The van der Waals surface area contributed by atoms with Crippen LogP contribution in [0.1, 0.15) is 63.6 Å². The molecule has 6 heteroatoms. The van der Waals surface area contributed by atoms with Crippen LogP contribution in [0.25, 0.3) is 0 Å². The van der Waals surface area contributed by atoms with E-state index < -0.39 is 5.91 Å². The van der Waals surface area contributed by atoms with Gasteiger partial charge in [0.2, 0.25) is 5.91 Å². The molecule has 1 aromatic heterocycles. The van der Waals surface area contributed by atoms with Crippen molar-refractivity contribution in [3.8, 4) is 0 Å². The maximum atomic E-state index is 13.1. The minimum absolute atomic E-state index is 0.0314. The zero-order valence-electron chi connectivity index (χ0n) is 15.8. The number of carbonyl (C=O) groups is 2. The van der Waals surface area contributed by atoms with Gasteiger partial charge in [0.1, 0.15) is 11.5 Å². The molecule has 27 heavy (non-hydrogen) atoms. The summed E-state index contributed by atoms with van der Waals surface area (Å²) in [5.74, 6) is 1.30. The van der Waals surface area contributed by atoms with Crippen LogP contribution in [0.4, 0.5) is 0 Å². The van der Waals surface area contributed by atoms with Crippen molar-refractivity contribution in [3.05, 3.63) is 58.5 Å². The summed E-state index contributed by atoms with van der Waals surface area (Å²) in [6.07, 6.45) is 1.82. The highest BCUT2D eigenvalue weighted by Gasteiger charge is 2.41. The summed E-state index contributed by atoms with van der Waals surface area (Å²) >= 11 is 0. The summed E-state index contributed by atoms with van der Waals surface area (Å²) in [7, 11) is 0. The van der Waals surface area contributed by atoms with Crippen molar-refractivity contribution in [3.63, 3.8) is 0 Å². The molecule has 1 fully saturated rings. The largest absolute Gasteiger partial charge is 0.465 e. The third-order valence-electron chi connectivity index (χ3n) is 5.80. The van der Waals surface area contributed by atoms with E-state index in [1.54, 1.807) is 12.1 Å². The molecule has 2 aromatic rings. The van der Waals surface area contributed by atoms with Crippen molar-refractivity contribution < 1.29 is 14.0 Å². The quantitative estimate of drug-likeness (QED) is 0.901. The number of furan rings is 1. The summed E-state index contributed by atoms with van der Waals surface area (Å²) in [4.78, 5) is 29.2. The average molecular weight is 367 g/mol. The van der Waals surface area contributed by atoms with Gasteiger partial charge in [-0.2, -0.15) is 0 Å². The van der Waals surface area contributed by atoms with E-state index in [0.29, 0.717) is 11.1 Å². The summed E-state index contributed by atoms with van der Waals surface area (Å²) in [5.41, 5.74) is 7.22. The second kappa shape index (κ2) is 6.85. The van der Waals surface area contributed by atoms with Gasteiger partial charge in [0.15, 0.2) is 0 Å². The van der Waals surface area contributed by atoms with Crippen LogP contribution < -0.4 is 5.73 Å². The van der Waals surface area contributed by atoms with E-state index in [4.69, 9.17) is 10.2 Å². The van der Waals surface area contributed by atoms with Crippen LogP contribution >= 0.6 is 0 Å².